The number of hydrogen-bond acceptors (Lipinski definition) is 4. The molecule has 0 radical (unpaired) electrons. The number of nitrogens with one attached hydrogen (secondary N) is 2. The molecule has 2 N–H and O–H groups in total. The molecule has 1 heterocycles. The molecule has 0 atom stereocenters. The van der Waals surface area contributed by atoms with Crippen LogP contribution in [-0.4, -0.2) is 31.7 Å². The highest BCUT2D eigenvalue weighted by Gasteiger charge is 2.10. The third-order valence-corrected chi connectivity index (χ3v) is 4.43. The van der Waals surface area contributed by atoms with Crippen molar-refractivity contribution < 1.29 is 8.42 Å². The first-order valence-electron chi connectivity index (χ1n) is 7.01. The lowest BCUT2D eigenvalue weighted by Gasteiger charge is -2.09. The molecule has 0 spiro atoms. The Bertz CT molecular complexity index is 501. The van der Waals surface area contributed by atoms with E-state index in [4.69, 9.17) is 0 Å². The van der Waals surface area contributed by atoms with E-state index >= 15 is 0 Å². The lowest BCUT2D eigenvalue weighted by Crippen LogP contribution is -2.27. The Labute approximate surface area is 122 Å². The quantitative estimate of drug-likeness (QED) is 0.679. The Morgan fingerprint density at radius 2 is 2.05 bits per heavy atom. The smallest absolute Gasteiger partial charge is 0.211 e. The van der Waals surface area contributed by atoms with Crippen LogP contribution < -0.4 is 10.0 Å². The van der Waals surface area contributed by atoms with Gasteiger partial charge in [0.25, 0.3) is 0 Å². The third kappa shape index (κ3) is 6.98. The number of sulfonamides is 1. The SMILES string of the molecule is Cc1ccncc1CNS(=O)(=O)CCCCNC(C)C. The monoisotopic (exact) mass is 299 g/mol. The molecule has 5 nitrogen and oxygen atoms in total. The van der Waals surface area contributed by atoms with Crippen molar-refractivity contribution in [1.29, 1.82) is 0 Å². The second kappa shape index (κ2) is 8.34. The van der Waals surface area contributed by atoms with Crippen LogP contribution in [0.2, 0.25) is 0 Å². The molecule has 1 aromatic rings. The molecule has 0 aliphatic rings. The lowest BCUT2D eigenvalue weighted by molar-refractivity contribution is 0.555. The van der Waals surface area contributed by atoms with Gasteiger partial charge in [0.15, 0.2) is 0 Å². The molecule has 1 rings (SSSR count). The van der Waals surface area contributed by atoms with Crippen LogP contribution in [0.4, 0.5) is 0 Å². The van der Waals surface area contributed by atoms with Crippen LogP contribution >= 0.6 is 0 Å². The molecule has 0 bridgehead atoms. The molecule has 0 saturated carbocycles. The largest absolute Gasteiger partial charge is 0.315 e. The molecule has 0 aromatic carbocycles. The van der Waals surface area contributed by atoms with Crippen LogP contribution in [0, 0.1) is 6.92 Å². The van der Waals surface area contributed by atoms with Crippen molar-refractivity contribution in [2.45, 2.75) is 46.2 Å². The molecule has 114 valence electrons. The first-order chi connectivity index (χ1) is 9.41. The van der Waals surface area contributed by atoms with E-state index in [1.54, 1.807) is 12.4 Å². The molecule has 0 fully saturated rings. The molecule has 0 aliphatic carbocycles. The Morgan fingerprint density at radius 1 is 1.30 bits per heavy atom. The highest BCUT2D eigenvalue weighted by atomic mass is 32.2. The topological polar surface area (TPSA) is 71.1 Å². The van der Waals surface area contributed by atoms with Crippen LogP contribution in [0.3, 0.4) is 0 Å². The molecule has 0 unspecified atom stereocenters. The van der Waals surface area contributed by atoms with Gasteiger partial charge in [-0.1, -0.05) is 13.8 Å². The average Bonchev–Trinajstić information content (AvgIpc) is 2.37. The first kappa shape index (κ1) is 17.1. The van der Waals surface area contributed by atoms with Gasteiger partial charge in [-0.25, -0.2) is 13.1 Å². The van der Waals surface area contributed by atoms with Gasteiger partial charge in [0.1, 0.15) is 0 Å². The minimum atomic E-state index is -3.20. The Hall–Kier alpha value is -0.980. The van der Waals surface area contributed by atoms with Gasteiger partial charge in [-0.3, -0.25) is 4.98 Å². The average molecular weight is 299 g/mol. The first-order valence-corrected chi connectivity index (χ1v) is 8.66. The molecule has 0 amide bonds. The third-order valence-electron chi connectivity index (χ3n) is 3.02. The molecule has 0 aliphatic heterocycles. The number of unbranched alkanes of at least 4 members (excludes halogenated alkanes) is 1. The fraction of sp³-hybridized carbons (Fsp3) is 0.643. The van der Waals surface area contributed by atoms with E-state index < -0.39 is 10.0 Å². The maximum Gasteiger partial charge on any atom is 0.211 e. The summed E-state index contributed by atoms with van der Waals surface area (Å²) in [7, 11) is -3.20. The standard InChI is InChI=1S/C14H25N3O2S/c1-12(2)16-7-4-5-9-20(18,19)17-11-14-10-15-8-6-13(14)3/h6,8,10,12,16-17H,4-5,7,9,11H2,1-3H3. The van der Waals surface area contributed by atoms with Crippen LogP contribution in [0.5, 0.6) is 0 Å². The fourth-order valence-corrected chi connectivity index (χ4v) is 2.85. The van der Waals surface area contributed by atoms with E-state index in [2.05, 4.69) is 28.9 Å². The minimum Gasteiger partial charge on any atom is -0.315 e. The van der Waals surface area contributed by atoms with Gasteiger partial charge in [0.05, 0.1) is 5.75 Å². The lowest BCUT2D eigenvalue weighted by atomic mass is 10.2. The predicted molar refractivity (Wildman–Crippen MR) is 82.0 cm³/mol. The van der Waals surface area contributed by atoms with Gasteiger partial charge in [0, 0.05) is 25.0 Å². The Kier molecular flexibility index (Phi) is 7.12. The molecule has 20 heavy (non-hydrogen) atoms. The van der Waals surface area contributed by atoms with Gasteiger partial charge < -0.3 is 5.32 Å². The summed E-state index contributed by atoms with van der Waals surface area (Å²) in [4.78, 5) is 4.01. The number of aromatic nitrogens is 1. The van der Waals surface area contributed by atoms with E-state index in [0.29, 0.717) is 19.0 Å². The van der Waals surface area contributed by atoms with Crippen molar-refractivity contribution in [3.05, 3.63) is 29.6 Å². The highest BCUT2D eigenvalue weighted by Crippen LogP contribution is 2.05. The van der Waals surface area contributed by atoms with Crippen LogP contribution in [0.25, 0.3) is 0 Å². The number of rotatable bonds is 9. The summed E-state index contributed by atoms with van der Waals surface area (Å²) in [5, 5.41) is 3.27. The van der Waals surface area contributed by atoms with E-state index in [1.165, 1.54) is 0 Å². The van der Waals surface area contributed by atoms with Gasteiger partial charge in [-0.15, -0.1) is 0 Å². The molecular formula is C14H25N3O2S. The van der Waals surface area contributed by atoms with Gasteiger partial charge in [-0.05, 0) is 43.5 Å². The zero-order chi connectivity index (χ0) is 15.0. The van der Waals surface area contributed by atoms with E-state index in [1.807, 2.05) is 13.0 Å². The zero-order valence-electron chi connectivity index (χ0n) is 12.5. The van der Waals surface area contributed by atoms with Gasteiger partial charge in [0.2, 0.25) is 10.0 Å². The Morgan fingerprint density at radius 3 is 2.70 bits per heavy atom. The van der Waals surface area contributed by atoms with Crippen molar-refractivity contribution in [2.24, 2.45) is 0 Å². The van der Waals surface area contributed by atoms with Crippen LogP contribution in [0.1, 0.15) is 37.8 Å². The predicted octanol–water partition coefficient (Wildman–Crippen LogP) is 1.59. The maximum absolute atomic E-state index is 11.9. The normalized spacial score (nSPS) is 12.0. The summed E-state index contributed by atoms with van der Waals surface area (Å²) in [5.41, 5.74) is 1.96. The summed E-state index contributed by atoms with van der Waals surface area (Å²) in [6, 6.07) is 2.32. The van der Waals surface area contributed by atoms with Gasteiger partial charge in [-0.2, -0.15) is 0 Å². The summed E-state index contributed by atoms with van der Waals surface area (Å²) < 4.78 is 26.3. The molecule has 1 aromatic heterocycles. The van der Waals surface area contributed by atoms with Crippen molar-refractivity contribution in [3.63, 3.8) is 0 Å². The van der Waals surface area contributed by atoms with E-state index in [9.17, 15) is 8.42 Å². The number of nitrogens with zero attached hydrogens (tertiary/aromatic N) is 1. The number of aryl methyl sites for hydroxylation is 1. The second-order valence-electron chi connectivity index (χ2n) is 5.26. The summed E-state index contributed by atoms with van der Waals surface area (Å²) >= 11 is 0. The Balaban J connectivity index is 2.30. The molecule has 6 heteroatoms. The highest BCUT2D eigenvalue weighted by molar-refractivity contribution is 7.89. The second-order valence-corrected chi connectivity index (χ2v) is 7.18. The van der Waals surface area contributed by atoms with Crippen molar-refractivity contribution in [3.8, 4) is 0 Å². The van der Waals surface area contributed by atoms with E-state index in [-0.39, 0.29) is 5.75 Å². The van der Waals surface area contributed by atoms with Crippen molar-refractivity contribution in [2.75, 3.05) is 12.3 Å². The van der Waals surface area contributed by atoms with E-state index in [0.717, 1.165) is 24.1 Å². The molecular weight excluding hydrogens is 274 g/mol. The molecule has 0 saturated heterocycles. The van der Waals surface area contributed by atoms with Crippen LogP contribution in [0.15, 0.2) is 18.5 Å². The number of pyridine rings is 1. The summed E-state index contributed by atoms with van der Waals surface area (Å²) in [5.74, 6) is 0.173. The van der Waals surface area contributed by atoms with Crippen molar-refractivity contribution in [1.82, 2.24) is 15.0 Å². The summed E-state index contributed by atoms with van der Waals surface area (Å²) in [6.07, 6.45) is 4.94. The van der Waals surface area contributed by atoms with Crippen molar-refractivity contribution >= 4 is 10.0 Å². The van der Waals surface area contributed by atoms with Crippen LogP contribution in [-0.2, 0) is 16.6 Å². The number of hydrogen-bond donors (Lipinski definition) is 2. The maximum atomic E-state index is 11.9. The fourth-order valence-electron chi connectivity index (χ4n) is 1.75. The van der Waals surface area contributed by atoms with Gasteiger partial charge >= 0.3 is 0 Å². The minimum absolute atomic E-state index is 0.173. The summed E-state index contributed by atoms with van der Waals surface area (Å²) in [6.45, 7) is 7.27. The zero-order valence-corrected chi connectivity index (χ0v) is 13.3.